The van der Waals surface area contributed by atoms with E-state index in [0.717, 1.165) is 36.0 Å². The molecule has 1 aromatic rings. The lowest BCUT2D eigenvalue weighted by molar-refractivity contribution is -0.150. The predicted octanol–water partition coefficient (Wildman–Crippen LogP) is 3.71. The highest BCUT2D eigenvalue weighted by Crippen LogP contribution is 2.25. The average Bonchev–Trinajstić information content (AvgIpc) is 2.70. The summed E-state index contributed by atoms with van der Waals surface area (Å²) in [6.45, 7) is 3.64. The van der Waals surface area contributed by atoms with Gasteiger partial charge in [-0.15, -0.1) is 0 Å². The molecule has 1 atom stereocenters. The lowest BCUT2D eigenvalue weighted by Gasteiger charge is -2.37. The molecule has 2 rings (SSSR count). The van der Waals surface area contributed by atoms with Crippen LogP contribution >= 0.6 is 15.9 Å². The van der Waals surface area contributed by atoms with E-state index in [1.54, 1.807) is 0 Å². The lowest BCUT2D eigenvalue weighted by atomic mass is 9.90. The van der Waals surface area contributed by atoms with Gasteiger partial charge >= 0.3 is 5.97 Å². The Morgan fingerprint density at radius 1 is 1.20 bits per heavy atom. The zero-order chi connectivity index (χ0) is 14.6. The van der Waals surface area contributed by atoms with Crippen molar-refractivity contribution in [2.24, 2.45) is 0 Å². The second-order valence-electron chi connectivity index (χ2n) is 5.78. The van der Waals surface area contributed by atoms with Gasteiger partial charge in [-0.1, -0.05) is 40.9 Å². The molecule has 0 aliphatic carbocycles. The maximum absolute atomic E-state index is 11.9. The van der Waals surface area contributed by atoms with Gasteiger partial charge in [-0.25, -0.2) is 0 Å². The maximum Gasteiger partial charge on any atom is 0.324 e. The smallest absolute Gasteiger partial charge is 0.324 e. The van der Waals surface area contributed by atoms with E-state index in [2.05, 4.69) is 20.8 Å². The number of carboxylic acids is 1. The first kappa shape index (κ1) is 15.5. The van der Waals surface area contributed by atoms with Crippen molar-refractivity contribution in [1.82, 2.24) is 4.90 Å². The minimum atomic E-state index is -0.807. The van der Waals surface area contributed by atoms with Crippen LogP contribution in [0.2, 0.25) is 0 Å². The zero-order valence-corrected chi connectivity index (χ0v) is 13.5. The Balaban J connectivity index is 2.19. The van der Waals surface area contributed by atoms with Gasteiger partial charge < -0.3 is 5.11 Å². The number of rotatable bonds is 4. The van der Waals surface area contributed by atoms with Crippen molar-refractivity contribution in [3.8, 4) is 0 Å². The van der Waals surface area contributed by atoms with Crippen molar-refractivity contribution < 1.29 is 9.90 Å². The van der Waals surface area contributed by atoms with Crippen LogP contribution in [0, 0.1) is 0 Å². The minimum absolute atomic E-state index is 0.551. The van der Waals surface area contributed by atoms with E-state index in [9.17, 15) is 9.90 Å². The standard InChI is InChI=1S/C16H22BrNO2/c1-16(15(19)20,18-10-4-2-3-5-11-18)12-13-6-8-14(17)9-7-13/h6-9H,2-5,10-12H2,1H3,(H,19,20). The van der Waals surface area contributed by atoms with E-state index in [4.69, 9.17) is 0 Å². The molecule has 0 spiro atoms. The van der Waals surface area contributed by atoms with Crippen molar-refractivity contribution in [1.29, 1.82) is 0 Å². The fourth-order valence-corrected chi connectivity index (χ4v) is 3.15. The summed E-state index contributed by atoms with van der Waals surface area (Å²) >= 11 is 3.41. The SMILES string of the molecule is CC(Cc1ccc(Br)cc1)(C(=O)O)N1CCCCCC1. The van der Waals surface area contributed by atoms with Crippen LogP contribution in [-0.4, -0.2) is 34.6 Å². The first-order chi connectivity index (χ1) is 9.52. The maximum atomic E-state index is 11.9. The van der Waals surface area contributed by atoms with Crippen LogP contribution in [0.15, 0.2) is 28.7 Å². The van der Waals surface area contributed by atoms with Gasteiger partial charge in [0, 0.05) is 10.9 Å². The van der Waals surface area contributed by atoms with Crippen LogP contribution in [-0.2, 0) is 11.2 Å². The Morgan fingerprint density at radius 3 is 2.25 bits per heavy atom. The van der Waals surface area contributed by atoms with Gasteiger partial charge in [-0.3, -0.25) is 9.69 Å². The molecular formula is C16H22BrNO2. The molecule has 4 heteroatoms. The van der Waals surface area contributed by atoms with Crippen molar-refractivity contribution >= 4 is 21.9 Å². The van der Waals surface area contributed by atoms with Crippen LogP contribution in [0.4, 0.5) is 0 Å². The molecule has 0 saturated carbocycles. The van der Waals surface area contributed by atoms with Gasteiger partial charge in [0.25, 0.3) is 0 Å². The molecule has 0 radical (unpaired) electrons. The molecule has 0 amide bonds. The fourth-order valence-electron chi connectivity index (χ4n) is 2.89. The second kappa shape index (κ2) is 6.72. The number of carboxylic acid groups (broad SMARTS) is 1. The number of benzene rings is 1. The molecule has 1 unspecified atom stereocenters. The summed E-state index contributed by atoms with van der Waals surface area (Å²) < 4.78 is 1.02. The van der Waals surface area contributed by atoms with E-state index in [1.165, 1.54) is 12.8 Å². The first-order valence-electron chi connectivity index (χ1n) is 7.25. The van der Waals surface area contributed by atoms with Gasteiger partial charge in [0.2, 0.25) is 0 Å². The van der Waals surface area contributed by atoms with Gasteiger partial charge in [0.1, 0.15) is 5.54 Å². The number of nitrogens with zero attached hydrogens (tertiary/aromatic N) is 1. The fraction of sp³-hybridized carbons (Fsp3) is 0.562. The van der Waals surface area contributed by atoms with Crippen LogP contribution in [0.5, 0.6) is 0 Å². The van der Waals surface area contributed by atoms with Gasteiger partial charge in [-0.05, 0) is 50.6 Å². The molecule has 3 nitrogen and oxygen atoms in total. The van der Waals surface area contributed by atoms with Crippen molar-refractivity contribution in [2.75, 3.05) is 13.1 Å². The van der Waals surface area contributed by atoms with Gasteiger partial charge in [0.15, 0.2) is 0 Å². The average molecular weight is 340 g/mol. The summed E-state index contributed by atoms with van der Waals surface area (Å²) in [5.41, 5.74) is 0.264. The van der Waals surface area contributed by atoms with Gasteiger partial charge in [-0.2, -0.15) is 0 Å². The summed E-state index contributed by atoms with van der Waals surface area (Å²) in [7, 11) is 0. The second-order valence-corrected chi connectivity index (χ2v) is 6.70. The molecule has 1 heterocycles. The Kier molecular flexibility index (Phi) is 5.22. The molecule has 1 aliphatic heterocycles. The third kappa shape index (κ3) is 3.61. The summed E-state index contributed by atoms with van der Waals surface area (Å²) in [6, 6.07) is 7.95. The van der Waals surface area contributed by atoms with E-state index in [1.807, 2.05) is 31.2 Å². The lowest BCUT2D eigenvalue weighted by Crippen LogP contribution is -2.54. The number of likely N-dealkylation sites (tertiary alicyclic amines) is 1. The summed E-state index contributed by atoms with van der Waals surface area (Å²) in [5.74, 6) is -0.720. The summed E-state index contributed by atoms with van der Waals surface area (Å²) in [6.07, 6.45) is 5.18. The molecule has 1 aliphatic rings. The molecule has 110 valence electrons. The van der Waals surface area contributed by atoms with Crippen LogP contribution in [0.25, 0.3) is 0 Å². The molecule has 1 fully saturated rings. The third-order valence-corrected chi connectivity index (χ3v) is 4.76. The van der Waals surface area contributed by atoms with Crippen molar-refractivity contribution in [3.05, 3.63) is 34.3 Å². The number of aliphatic carboxylic acids is 1. The Morgan fingerprint density at radius 2 is 1.75 bits per heavy atom. The number of carbonyl (C=O) groups is 1. The largest absolute Gasteiger partial charge is 0.480 e. The quantitative estimate of drug-likeness (QED) is 0.908. The van der Waals surface area contributed by atoms with Gasteiger partial charge in [0.05, 0.1) is 0 Å². The van der Waals surface area contributed by atoms with E-state index < -0.39 is 11.5 Å². The summed E-state index contributed by atoms with van der Waals surface area (Å²) in [5, 5.41) is 9.74. The van der Waals surface area contributed by atoms with Crippen molar-refractivity contribution in [2.45, 2.75) is 44.6 Å². The highest BCUT2D eigenvalue weighted by atomic mass is 79.9. The number of hydrogen-bond acceptors (Lipinski definition) is 2. The molecule has 0 aromatic heterocycles. The zero-order valence-electron chi connectivity index (χ0n) is 11.9. The van der Waals surface area contributed by atoms with Crippen molar-refractivity contribution in [3.63, 3.8) is 0 Å². The van der Waals surface area contributed by atoms with Crippen LogP contribution in [0.1, 0.15) is 38.2 Å². The monoisotopic (exact) mass is 339 g/mol. The molecular weight excluding hydrogens is 318 g/mol. The predicted molar refractivity (Wildman–Crippen MR) is 83.9 cm³/mol. The first-order valence-corrected chi connectivity index (χ1v) is 8.04. The summed E-state index contributed by atoms with van der Waals surface area (Å²) in [4.78, 5) is 14.0. The topological polar surface area (TPSA) is 40.5 Å². The Hall–Kier alpha value is -0.870. The third-order valence-electron chi connectivity index (χ3n) is 4.23. The molecule has 1 aromatic carbocycles. The number of halogens is 1. The Labute approximate surface area is 129 Å². The highest BCUT2D eigenvalue weighted by molar-refractivity contribution is 9.10. The Bertz CT molecular complexity index is 452. The highest BCUT2D eigenvalue weighted by Gasteiger charge is 2.39. The van der Waals surface area contributed by atoms with Crippen LogP contribution < -0.4 is 0 Å². The minimum Gasteiger partial charge on any atom is -0.480 e. The molecule has 20 heavy (non-hydrogen) atoms. The van der Waals surface area contributed by atoms with E-state index in [0.29, 0.717) is 6.42 Å². The van der Waals surface area contributed by atoms with E-state index >= 15 is 0 Å². The molecule has 1 N–H and O–H groups in total. The molecule has 1 saturated heterocycles. The normalized spacial score (nSPS) is 20.1. The van der Waals surface area contributed by atoms with Crippen LogP contribution in [0.3, 0.4) is 0 Å². The van der Waals surface area contributed by atoms with E-state index in [-0.39, 0.29) is 0 Å². The molecule has 0 bridgehead atoms. The number of hydrogen-bond donors (Lipinski definition) is 1.